The predicted molar refractivity (Wildman–Crippen MR) is 52.0 cm³/mol. The second-order valence-corrected chi connectivity index (χ2v) is 3.52. The first-order valence-corrected chi connectivity index (χ1v) is 4.45. The molecule has 0 aliphatic rings. The van der Waals surface area contributed by atoms with E-state index in [2.05, 4.69) is 5.11 Å². The molecule has 0 radical (unpaired) electrons. The number of nitrogens with zero attached hydrogens (tertiary/aromatic N) is 3. The highest BCUT2D eigenvalue weighted by Crippen LogP contribution is 2.36. The second kappa shape index (κ2) is 2.96. The average molecular weight is 186 g/mol. The van der Waals surface area contributed by atoms with Crippen LogP contribution in [0.5, 0.6) is 0 Å². The van der Waals surface area contributed by atoms with E-state index in [-0.39, 0.29) is 0 Å². The van der Waals surface area contributed by atoms with Gasteiger partial charge in [-0.05, 0) is 6.07 Å². The van der Waals surface area contributed by atoms with Crippen LogP contribution < -0.4 is 0 Å². The summed E-state index contributed by atoms with van der Waals surface area (Å²) in [5, 5.41) is 13.1. The van der Waals surface area contributed by atoms with Crippen LogP contribution in [0.4, 0.5) is 5.00 Å². The Kier molecular flexibility index (Phi) is 1.80. The summed E-state index contributed by atoms with van der Waals surface area (Å²) >= 11 is 1.31. The smallest absolute Gasteiger partial charge is 0.113 e. The molecule has 1 heterocycles. The van der Waals surface area contributed by atoms with Gasteiger partial charge >= 0.3 is 0 Å². The molecule has 62 valence electrons. The fraction of sp³-hybridized carbons (Fsp3) is 0. The van der Waals surface area contributed by atoms with Gasteiger partial charge in [-0.3, -0.25) is 0 Å². The maximum atomic E-state index is 8.82. The molecular formula is C9H4N3S-. The van der Waals surface area contributed by atoms with E-state index in [0.29, 0.717) is 10.6 Å². The molecule has 1 aromatic carbocycles. The number of fused-ring (bicyclic) bond motifs is 1. The molecule has 2 aromatic rings. The normalized spacial score (nSPS) is 9.77. The average Bonchev–Trinajstić information content (AvgIpc) is 2.55. The van der Waals surface area contributed by atoms with Crippen molar-refractivity contribution in [2.45, 2.75) is 0 Å². The summed E-state index contributed by atoms with van der Waals surface area (Å²) in [6, 6.07) is 9.52. The van der Waals surface area contributed by atoms with Crippen molar-refractivity contribution in [3.8, 4) is 6.07 Å². The lowest BCUT2D eigenvalue weighted by atomic mass is 10.2. The van der Waals surface area contributed by atoms with E-state index in [0.717, 1.165) is 10.1 Å². The highest BCUT2D eigenvalue weighted by atomic mass is 32.1. The molecule has 0 saturated heterocycles. The lowest BCUT2D eigenvalue weighted by Crippen LogP contribution is -1.68. The van der Waals surface area contributed by atoms with Gasteiger partial charge in [0.1, 0.15) is 11.1 Å². The van der Waals surface area contributed by atoms with Crippen molar-refractivity contribution in [2.24, 2.45) is 5.11 Å². The Labute approximate surface area is 78.7 Å². The zero-order chi connectivity index (χ0) is 9.26. The number of benzene rings is 1. The van der Waals surface area contributed by atoms with Crippen LogP contribution in [0.2, 0.25) is 0 Å². The van der Waals surface area contributed by atoms with Gasteiger partial charge in [0.25, 0.3) is 0 Å². The van der Waals surface area contributed by atoms with Gasteiger partial charge < -0.3 is 10.6 Å². The number of rotatable bonds is 1. The van der Waals surface area contributed by atoms with E-state index in [1.807, 2.05) is 30.3 Å². The topological polar surface area (TPSA) is 58.5 Å². The second-order valence-electron chi connectivity index (χ2n) is 2.49. The zero-order valence-electron chi connectivity index (χ0n) is 6.56. The first-order valence-electron chi connectivity index (χ1n) is 3.63. The van der Waals surface area contributed by atoms with Crippen LogP contribution in [0.25, 0.3) is 15.6 Å². The van der Waals surface area contributed by atoms with Crippen molar-refractivity contribution < 1.29 is 0 Å². The molecule has 1 aromatic heterocycles. The lowest BCUT2D eigenvalue weighted by Gasteiger charge is -1.89. The SMILES string of the molecule is N#Cc1c(N=[N-])sc2ccccc12. The summed E-state index contributed by atoms with van der Waals surface area (Å²) < 4.78 is 0.965. The third kappa shape index (κ3) is 1.10. The van der Waals surface area contributed by atoms with Crippen molar-refractivity contribution in [3.05, 3.63) is 35.4 Å². The molecule has 2 rings (SSSR count). The minimum absolute atomic E-state index is 0.378. The number of nitriles is 1. The first-order chi connectivity index (χ1) is 6.36. The van der Waals surface area contributed by atoms with Gasteiger partial charge in [-0.15, -0.1) is 11.3 Å². The van der Waals surface area contributed by atoms with Gasteiger partial charge in [-0.1, -0.05) is 18.2 Å². The van der Waals surface area contributed by atoms with Crippen molar-refractivity contribution in [1.82, 2.24) is 0 Å². The van der Waals surface area contributed by atoms with E-state index >= 15 is 0 Å². The van der Waals surface area contributed by atoms with Crippen LogP contribution in [-0.2, 0) is 0 Å². The molecule has 0 aliphatic heterocycles. The number of hydrogen-bond acceptors (Lipinski definition) is 3. The monoisotopic (exact) mass is 186 g/mol. The van der Waals surface area contributed by atoms with Crippen molar-refractivity contribution in [3.63, 3.8) is 0 Å². The summed E-state index contributed by atoms with van der Waals surface area (Å²) in [7, 11) is 0. The molecule has 0 unspecified atom stereocenters. The molecule has 0 bridgehead atoms. The van der Waals surface area contributed by atoms with Crippen LogP contribution in [-0.4, -0.2) is 0 Å². The standard InChI is InChI=1S/C9H4N3S/c10-5-7-6-3-1-2-4-8(6)13-9(7)12-11/h1-4H/q-1. The molecule has 0 aliphatic carbocycles. The lowest BCUT2D eigenvalue weighted by molar-refractivity contribution is 1.49. The van der Waals surface area contributed by atoms with E-state index in [4.69, 9.17) is 10.8 Å². The van der Waals surface area contributed by atoms with E-state index in [9.17, 15) is 0 Å². The molecule has 0 amide bonds. The minimum Gasteiger partial charge on any atom is -0.706 e. The van der Waals surface area contributed by atoms with E-state index in [1.54, 1.807) is 0 Å². The summed E-state index contributed by atoms with van der Waals surface area (Å²) in [5.74, 6) is 0. The van der Waals surface area contributed by atoms with Gasteiger partial charge in [0.05, 0.1) is 5.56 Å². The Hall–Kier alpha value is -1.73. The molecule has 0 fully saturated rings. The van der Waals surface area contributed by atoms with Gasteiger partial charge in [0.15, 0.2) is 0 Å². The molecule has 13 heavy (non-hydrogen) atoms. The molecule has 0 atom stereocenters. The fourth-order valence-electron chi connectivity index (χ4n) is 1.21. The Bertz CT molecular complexity index is 507. The highest BCUT2D eigenvalue weighted by molar-refractivity contribution is 7.22. The first kappa shape index (κ1) is 7.90. The molecule has 4 heteroatoms. The maximum absolute atomic E-state index is 8.82. The van der Waals surface area contributed by atoms with Crippen LogP contribution in [0, 0.1) is 11.3 Å². The number of thiophene rings is 1. The van der Waals surface area contributed by atoms with Crippen LogP contribution >= 0.6 is 11.3 Å². The zero-order valence-corrected chi connectivity index (χ0v) is 7.38. The minimum atomic E-state index is 0.378. The Morgan fingerprint density at radius 3 is 2.85 bits per heavy atom. The highest BCUT2D eigenvalue weighted by Gasteiger charge is 2.07. The number of hydrogen-bond donors (Lipinski definition) is 0. The molecule has 3 nitrogen and oxygen atoms in total. The molecular weight excluding hydrogens is 182 g/mol. The Morgan fingerprint density at radius 1 is 1.38 bits per heavy atom. The van der Waals surface area contributed by atoms with Crippen molar-refractivity contribution in [1.29, 1.82) is 5.26 Å². The van der Waals surface area contributed by atoms with Crippen LogP contribution in [0.1, 0.15) is 5.56 Å². The maximum Gasteiger partial charge on any atom is 0.113 e. The largest absolute Gasteiger partial charge is 0.706 e. The van der Waals surface area contributed by atoms with Gasteiger partial charge in [-0.2, -0.15) is 5.26 Å². The Balaban J connectivity index is 2.91. The third-order valence-corrected chi connectivity index (χ3v) is 2.83. The van der Waals surface area contributed by atoms with Gasteiger partial charge in [-0.25, -0.2) is 0 Å². The summed E-state index contributed by atoms with van der Waals surface area (Å²) in [5.41, 5.74) is 9.08. The quantitative estimate of drug-likeness (QED) is 0.629. The van der Waals surface area contributed by atoms with Crippen molar-refractivity contribution >= 4 is 26.4 Å². The molecule has 0 spiro atoms. The van der Waals surface area contributed by atoms with Gasteiger partial charge in [0, 0.05) is 10.1 Å². The Morgan fingerprint density at radius 2 is 2.15 bits per heavy atom. The molecule has 0 saturated carbocycles. The van der Waals surface area contributed by atoms with Gasteiger partial charge in [0.2, 0.25) is 0 Å². The molecule has 0 N–H and O–H groups in total. The summed E-state index contributed by atoms with van der Waals surface area (Å²) in [6.45, 7) is 0. The van der Waals surface area contributed by atoms with E-state index in [1.165, 1.54) is 11.3 Å². The predicted octanol–water partition coefficient (Wildman–Crippen LogP) is 3.43. The van der Waals surface area contributed by atoms with Crippen molar-refractivity contribution in [2.75, 3.05) is 0 Å². The van der Waals surface area contributed by atoms with Crippen LogP contribution in [0.3, 0.4) is 0 Å². The summed E-state index contributed by atoms with van der Waals surface area (Å²) in [6.07, 6.45) is 0. The van der Waals surface area contributed by atoms with E-state index < -0.39 is 0 Å². The van der Waals surface area contributed by atoms with Crippen LogP contribution in [0.15, 0.2) is 29.4 Å². The summed E-state index contributed by atoms with van der Waals surface area (Å²) in [4.78, 5) is 0. The third-order valence-electron chi connectivity index (χ3n) is 1.78. The fourth-order valence-corrected chi connectivity index (χ4v) is 2.14.